The van der Waals surface area contributed by atoms with Crippen LogP contribution in [0.15, 0.2) is 106 Å². The second-order valence-corrected chi connectivity index (χ2v) is 13.2. The van der Waals surface area contributed by atoms with E-state index in [2.05, 4.69) is 21.2 Å². The Morgan fingerprint density at radius 3 is 2.26 bits per heavy atom. The molecule has 7 nitrogen and oxygen atoms in total. The van der Waals surface area contributed by atoms with Crippen molar-refractivity contribution in [3.8, 4) is 0 Å². The van der Waals surface area contributed by atoms with Crippen LogP contribution < -0.4 is 5.32 Å². The molecular weight excluding hydrogens is 614 g/mol. The van der Waals surface area contributed by atoms with Gasteiger partial charge < -0.3 is 10.2 Å². The zero-order valence-corrected chi connectivity index (χ0v) is 26.3. The third-order valence-corrected chi connectivity index (χ3v) is 9.42. The lowest BCUT2D eigenvalue weighted by Crippen LogP contribution is -2.53. The highest BCUT2D eigenvalue weighted by Crippen LogP contribution is 2.23. The first-order chi connectivity index (χ1) is 20.2. The van der Waals surface area contributed by atoms with Crippen molar-refractivity contribution in [2.75, 3.05) is 20.1 Å². The largest absolute Gasteiger partial charge is 0.354 e. The minimum atomic E-state index is -3.98. The molecule has 0 fully saturated rings. The second kappa shape index (κ2) is 14.6. The van der Waals surface area contributed by atoms with Gasteiger partial charge in [-0.05, 0) is 52.6 Å². The fraction of sp³-hybridized carbons (Fsp3) is 0.273. The van der Waals surface area contributed by atoms with Gasteiger partial charge in [-0.25, -0.2) is 8.42 Å². The number of carbonyl (C=O) groups excluding carboxylic acids is 2. The fourth-order valence-electron chi connectivity index (χ4n) is 4.77. The molecule has 220 valence electrons. The molecule has 4 aromatic rings. The number of amides is 2. The van der Waals surface area contributed by atoms with Gasteiger partial charge in [0, 0.05) is 31.0 Å². The van der Waals surface area contributed by atoms with Crippen LogP contribution in [0.25, 0.3) is 10.8 Å². The van der Waals surface area contributed by atoms with E-state index < -0.39 is 28.5 Å². The van der Waals surface area contributed by atoms with Crippen LogP contribution in [0.3, 0.4) is 0 Å². The lowest BCUT2D eigenvalue weighted by atomic mass is 10.0. The Morgan fingerprint density at radius 1 is 0.857 bits per heavy atom. The Kier molecular flexibility index (Phi) is 10.9. The van der Waals surface area contributed by atoms with Gasteiger partial charge >= 0.3 is 0 Å². The number of sulfonamides is 1. The van der Waals surface area contributed by atoms with Gasteiger partial charge in [-0.3, -0.25) is 9.59 Å². The summed E-state index contributed by atoms with van der Waals surface area (Å²) in [6, 6.07) is 28.7. The Labute approximate surface area is 256 Å². The summed E-state index contributed by atoms with van der Waals surface area (Å²) < 4.78 is 29.1. The number of nitrogens with one attached hydrogen (secondary N) is 1. The van der Waals surface area contributed by atoms with Gasteiger partial charge in [-0.15, -0.1) is 0 Å². The number of unbranched alkanes of at least 4 members (excludes halogenated alkanes) is 1. The summed E-state index contributed by atoms with van der Waals surface area (Å²) in [6.07, 6.45) is 2.03. The second-order valence-electron chi connectivity index (χ2n) is 10.3. The van der Waals surface area contributed by atoms with Gasteiger partial charge in [-0.1, -0.05) is 102 Å². The predicted octanol–water partition coefficient (Wildman–Crippen LogP) is 5.78. The number of carbonyl (C=O) groups is 2. The summed E-state index contributed by atoms with van der Waals surface area (Å²) >= 11 is 3.49. The van der Waals surface area contributed by atoms with Crippen LogP contribution in [-0.4, -0.2) is 55.6 Å². The van der Waals surface area contributed by atoms with Crippen molar-refractivity contribution in [2.24, 2.45) is 0 Å². The van der Waals surface area contributed by atoms with Crippen LogP contribution >= 0.6 is 15.9 Å². The molecule has 42 heavy (non-hydrogen) atoms. The average Bonchev–Trinajstić information content (AvgIpc) is 2.99. The molecule has 0 aliphatic carbocycles. The number of halogens is 1. The maximum absolute atomic E-state index is 14.0. The summed E-state index contributed by atoms with van der Waals surface area (Å²) in [7, 11) is -2.59. The van der Waals surface area contributed by atoms with Gasteiger partial charge in [0.1, 0.15) is 6.04 Å². The van der Waals surface area contributed by atoms with Gasteiger partial charge in [-0.2, -0.15) is 4.31 Å². The van der Waals surface area contributed by atoms with E-state index in [1.807, 2.05) is 85.8 Å². The highest BCUT2D eigenvalue weighted by atomic mass is 79.9. The van der Waals surface area contributed by atoms with Crippen molar-refractivity contribution in [1.29, 1.82) is 0 Å². The van der Waals surface area contributed by atoms with Gasteiger partial charge in [0.2, 0.25) is 21.8 Å². The third-order valence-electron chi connectivity index (χ3n) is 7.13. The lowest BCUT2D eigenvalue weighted by Gasteiger charge is -2.32. The summed E-state index contributed by atoms with van der Waals surface area (Å²) in [4.78, 5) is 29.2. The summed E-state index contributed by atoms with van der Waals surface area (Å²) in [6.45, 7) is 2.26. The topological polar surface area (TPSA) is 86.8 Å². The smallest absolute Gasteiger partial charge is 0.243 e. The van der Waals surface area contributed by atoms with E-state index in [0.29, 0.717) is 13.0 Å². The number of rotatable bonds is 13. The number of nitrogens with zero attached hydrogens (tertiary/aromatic N) is 2. The van der Waals surface area contributed by atoms with E-state index in [4.69, 9.17) is 0 Å². The molecule has 0 spiro atoms. The van der Waals surface area contributed by atoms with Crippen LogP contribution in [-0.2, 0) is 32.6 Å². The van der Waals surface area contributed by atoms with E-state index in [1.165, 1.54) is 11.9 Å². The summed E-state index contributed by atoms with van der Waals surface area (Å²) in [5, 5.41) is 4.71. The molecule has 0 bridgehead atoms. The monoisotopic (exact) mass is 649 g/mol. The Balaban J connectivity index is 1.66. The highest BCUT2D eigenvalue weighted by Gasteiger charge is 2.33. The van der Waals surface area contributed by atoms with Gasteiger partial charge in [0.05, 0.1) is 11.4 Å². The molecule has 0 heterocycles. The molecule has 0 aliphatic heterocycles. The first-order valence-corrected chi connectivity index (χ1v) is 16.2. The molecule has 1 N–H and O–H groups in total. The summed E-state index contributed by atoms with van der Waals surface area (Å²) in [5.41, 5.74) is 1.72. The number of likely N-dealkylation sites (N-methyl/N-ethyl adjacent to an activating group) is 1. The van der Waals surface area contributed by atoms with E-state index in [0.717, 1.165) is 43.5 Å². The van der Waals surface area contributed by atoms with E-state index in [-0.39, 0.29) is 17.3 Å². The zero-order chi connectivity index (χ0) is 30.1. The molecule has 0 saturated heterocycles. The van der Waals surface area contributed by atoms with Crippen molar-refractivity contribution >= 4 is 48.5 Å². The molecule has 0 aromatic heterocycles. The molecule has 9 heteroatoms. The highest BCUT2D eigenvalue weighted by molar-refractivity contribution is 9.10. The normalized spacial score (nSPS) is 12.3. The molecule has 0 unspecified atom stereocenters. The predicted molar refractivity (Wildman–Crippen MR) is 170 cm³/mol. The van der Waals surface area contributed by atoms with E-state index in [1.54, 1.807) is 18.2 Å². The quantitative estimate of drug-likeness (QED) is 0.186. The molecule has 0 aliphatic rings. The molecule has 4 aromatic carbocycles. The number of hydrogen-bond acceptors (Lipinski definition) is 4. The number of hydrogen-bond donors (Lipinski definition) is 1. The Hall–Kier alpha value is -3.53. The number of fused-ring (bicyclic) bond motifs is 1. The first kappa shape index (κ1) is 31.4. The van der Waals surface area contributed by atoms with Gasteiger partial charge in [0.15, 0.2) is 0 Å². The molecular formula is C33H36BrN3O4S. The van der Waals surface area contributed by atoms with Crippen molar-refractivity contribution in [1.82, 2.24) is 14.5 Å². The third kappa shape index (κ3) is 8.06. The fourth-order valence-corrected chi connectivity index (χ4v) is 6.37. The lowest BCUT2D eigenvalue weighted by molar-refractivity contribution is -0.141. The molecule has 2 amide bonds. The van der Waals surface area contributed by atoms with E-state index >= 15 is 0 Å². The Morgan fingerprint density at radius 2 is 1.55 bits per heavy atom. The van der Waals surface area contributed by atoms with Crippen LogP contribution in [0, 0.1) is 0 Å². The standard InChI is InChI=1S/C33H36BrN3O4S/c1-3-4-19-35-33(39)31(21-25-11-6-5-7-12-25)37(23-26-13-10-16-29(34)20-26)32(38)24-36(2)42(40,41)30-18-17-27-14-8-9-15-28(27)22-30/h5-18,20,22,31H,3-4,19,21,23-24H2,1-2H3,(H,35,39)/t31-/m0/s1. The van der Waals surface area contributed by atoms with Gasteiger partial charge in [0.25, 0.3) is 0 Å². The van der Waals surface area contributed by atoms with Crippen molar-refractivity contribution < 1.29 is 18.0 Å². The zero-order valence-electron chi connectivity index (χ0n) is 23.9. The van der Waals surface area contributed by atoms with E-state index in [9.17, 15) is 18.0 Å². The SMILES string of the molecule is CCCCNC(=O)[C@H](Cc1ccccc1)N(Cc1cccc(Br)c1)C(=O)CN(C)S(=O)(=O)c1ccc2ccccc2c1. The first-order valence-electron chi connectivity index (χ1n) is 14.0. The van der Waals surface area contributed by atoms with Crippen LogP contribution in [0.4, 0.5) is 0 Å². The molecule has 4 rings (SSSR count). The number of benzene rings is 4. The van der Waals surface area contributed by atoms with Crippen molar-refractivity contribution in [2.45, 2.75) is 43.7 Å². The van der Waals surface area contributed by atoms with Crippen LogP contribution in [0.1, 0.15) is 30.9 Å². The maximum Gasteiger partial charge on any atom is 0.243 e. The molecule has 0 radical (unpaired) electrons. The van der Waals surface area contributed by atoms with Crippen molar-refractivity contribution in [3.63, 3.8) is 0 Å². The summed E-state index contributed by atoms with van der Waals surface area (Å²) in [5.74, 6) is -0.732. The minimum Gasteiger partial charge on any atom is -0.354 e. The Bertz CT molecular complexity index is 1630. The van der Waals surface area contributed by atoms with Crippen LogP contribution in [0.2, 0.25) is 0 Å². The minimum absolute atomic E-state index is 0.105. The average molecular weight is 651 g/mol. The maximum atomic E-state index is 14.0. The van der Waals surface area contributed by atoms with Crippen LogP contribution in [0.5, 0.6) is 0 Å². The molecule has 0 saturated carbocycles. The molecule has 1 atom stereocenters. The van der Waals surface area contributed by atoms with Crippen molar-refractivity contribution in [3.05, 3.63) is 113 Å².